The number of amides is 2. The van der Waals surface area contributed by atoms with Crippen LogP contribution in [0.1, 0.15) is 20.3 Å². The minimum atomic E-state index is -0.996. The Bertz CT molecular complexity index is 1430. The minimum Gasteiger partial charge on any atom is -0.436 e. The van der Waals surface area contributed by atoms with Crippen molar-refractivity contribution in [2.75, 3.05) is 29.5 Å². The second-order valence-electron chi connectivity index (χ2n) is 8.01. The Morgan fingerprint density at radius 1 is 1.14 bits per heavy atom. The molecule has 0 aliphatic heterocycles. The highest BCUT2D eigenvalue weighted by atomic mass is 19.1. The summed E-state index contributed by atoms with van der Waals surface area (Å²) in [6, 6.07) is 11.0. The molecule has 2 heterocycles. The average Bonchev–Trinajstić information content (AvgIpc) is 3.30. The topological polar surface area (TPSA) is 143 Å². The molecule has 1 atom stereocenters. The van der Waals surface area contributed by atoms with Gasteiger partial charge in [0.1, 0.15) is 17.2 Å². The number of oxazole rings is 1. The molecule has 2 amide bonds. The van der Waals surface area contributed by atoms with Crippen LogP contribution in [-0.2, 0) is 9.53 Å². The molecule has 11 nitrogen and oxygen atoms in total. The highest BCUT2D eigenvalue weighted by molar-refractivity contribution is 5.96. The fourth-order valence-electron chi connectivity index (χ4n) is 3.31. The van der Waals surface area contributed by atoms with Gasteiger partial charge in [0.2, 0.25) is 11.8 Å². The molecule has 0 aliphatic rings. The van der Waals surface area contributed by atoms with E-state index < -0.39 is 18.1 Å². The molecule has 0 aliphatic carbocycles. The fraction of sp³-hybridized carbons (Fsp3) is 0.240. The van der Waals surface area contributed by atoms with Crippen molar-refractivity contribution < 1.29 is 23.1 Å². The van der Waals surface area contributed by atoms with Crippen LogP contribution in [0.5, 0.6) is 0 Å². The maximum absolute atomic E-state index is 13.5. The van der Waals surface area contributed by atoms with Gasteiger partial charge < -0.3 is 30.4 Å². The normalized spacial score (nSPS) is 11.6. The SMILES string of the molecule is CCCNc1nc(Nc2cccc(F)c2)ncc1-c1nc2ccc(NC(=O)C(C)OC(=O)NC)cc2o1. The standard InChI is InChI=1S/C25H26FN7O4/c1-4-10-28-21-18(13-29-24(33-21)31-16-7-5-6-15(26)11-16)23-32-19-9-8-17(12-20(19)37-23)30-22(34)14(2)36-25(35)27-3/h5-9,11-14H,4,10H2,1-3H3,(H,27,35)(H,30,34)(H2,28,29,31,33). The number of hydrogen-bond acceptors (Lipinski definition) is 9. The second-order valence-corrected chi connectivity index (χ2v) is 8.01. The van der Waals surface area contributed by atoms with Gasteiger partial charge in [-0.05, 0) is 43.7 Å². The Labute approximate surface area is 211 Å². The summed E-state index contributed by atoms with van der Waals surface area (Å²) in [6.45, 7) is 4.14. The van der Waals surface area contributed by atoms with Crippen molar-refractivity contribution in [3.8, 4) is 11.5 Å². The third kappa shape index (κ3) is 6.28. The molecule has 0 bridgehead atoms. The number of nitrogens with zero attached hydrogens (tertiary/aromatic N) is 3. The summed E-state index contributed by atoms with van der Waals surface area (Å²) in [4.78, 5) is 37.1. The van der Waals surface area contributed by atoms with E-state index in [4.69, 9.17) is 9.15 Å². The molecule has 37 heavy (non-hydrogen) atoms. The molecule has 0 spiro atoms. The number of aromatic nitrogens is 3. The number of hydrogen-bond donors (Lipinski definition) is 4. The number of carbonyl (C=O) groups excluding carboxylic acids is 2. The molecule has 12 heteroatoms. The predicted octanol–water partition coefficient (Wildman–Crippen LogP) is 4.67. The number of alkyl carbamates (subject to hydrolysis) is 1. The Morgan fingerprint density at radius 2 is 1.97 bits per heavy atom. The Balaban J connectivity index is 1.58. The van der Waals surface area contributed by atoms with Crippen molar-refractivity contribution in [3.05, 3.63) is 54.5 Å². The first-order valence-electron chi connectivity index (χ1n) is 11.6. The maximum Gasteiger partial charge on any atom is 0.407 e. The van der Waals surface area contributed by atoms with Crippen LogP contribution < -0.4 is 21.3 Å². The average molecular weight is 508 g/mol. The molecule has 192 valence electrons. The van der Waals surface area contributed by atoms with Crippen LogP contribution in [0.15, 0.2) is 53.1 Å². The minimum absolute atomic E-state index is 0.280. The molecule has 4 aromatic rings. The summed E-state index contributed by atoms with van der Waals surface area (Å²) < 4.78 is 24.5. The smallest absolute Gasteiger partial charge is 0.407 e. The van der Waals surface area contributed by atoms with Gasteiger partial charge in [0.05, 0.1) is 5.56 Å². The van der Waals surface area contributed by atoms with E-state index in [1.165, 1.54) is 26.1 Å². The summed E-state index contributed by atoms with van der Waals surface area (Å²) in [5.41, 5.74) is 2.48. The zero-order chi connectivity index (χ0) is 26.4. The Hall–Kier alpha value is -4.74. The number of ether oxygens (including phenoxy) is 1. The quantitative estimate of drug-likeness (QED) is 0.254. The molecule has 2 aromatic heterocycles. The van der Waals surface area contributed by atoms with Gasteiger partial charge in [0.15, 0.2) is 11.7 Å². The first-order valence-corrected chi connectivity index (χ1v) is 11.6. The molecular weight excluding hydrogens is 481 g/mol. The Morgan fingerprint density at radius 3 is 2.73 bits per heavy atom. The van der Waals surface area contributed by atoms with Crippen LogP contribution in [0.2, 0.25) is 0 Å². The molecule has 0 saturated carbocycles. The van der Waals surface area contributed by atoms with Crippen molar-refractivity contribution >= 4 is 46.2 Å². The van der Waals surface area contributed by atoms with E-state index in [1.807, 2.05) is 6.92 Å². The van der Waals surface area contributed by atoms with Crippen LogP contribution in [0.25, 0.3) is 22.6 Å². The lowest BCUT2D eigenvalue weighted by atomic mass is 10.2. The molecule has 4 rings (SSSR count). The van der Waals surface area contributed by atoms with Gasteiger partial charge in [0.25, 0.3) is 5.91 Å². The summed E-state index contributed by atoms with van der Waals surface area (Å²) in [5, 5.41) is 11.2. The summed E-state index contributed by atoms with van der Waals surface area (Å²) >= 11 is 0. The molecule has 0 radical (unpaired) electrons. The number of benzene rings is 2. The van der Waals surface area contributed by atoms with Crippen LogP contribution in [0.3, 0.4) is 0 Å². The van der Waals surface area contributed by atoms with Gasteiger partial charge in [-0.1, -0.05) is 13.0 Å². The number of nitrogens with one attached hydrogen (secondary N) is 4. The van der Waals surface area contributed by atoms with Gasteiger partial charge in [0, 0.05) is 37.2 Å². The number of rotatable bonds is 9. The first-order chi connectivity index (χ1) is 17.9. The van der Waals surface area contributed by atoms with E-state index in [2.05, 4.69) is 36.2 Å². The van der Waals surface area contributed by atoms with E-state index in [9.17, 15) is 14.0 Å². The van der Waals surface area contributed by atoms with Gasteiger partial charge in [-0.3, -0.25) is 4.79 Å². The number of halogens is 1. The van der Waals surface area contributed by atoms with E-state index in [0.29, 0.717) is 40.4 Å². The van der Waals surface area contributed by atoms with Crippen LogP contribution in [0, 0.1) is 5.82 Å². The third-order valence-electron chi connectivity index (χ3n) is 5.16. The summed E-state index contributed by atoms with van der Waals surface area (Å²) in [6.07, 6.45) is 0.724. The van der Waals surface area contributed by atoms with Gasteiger partial charge in [-0.2, -0.15) is 4.98 Å². The molecule has 2 aromatic carbocycles. The van der Waals surface area contributed by atoms with E-state index in [1.54, 1.807) is 36.5 Å². The summed E-state index contributed by atoms with van der Waals surface area (Å²) in [7, 11) is 1.41. The van der Waals surface area contributed by atoms with Gasteiger partial charge in [-0.15, -0.1) is 0 Å². The van der Waals surface area contributed by atoms with E-state index in [-0.39, 0.29) is 17.7 Å². The number of anilines is 4. The predicted molar refractivity (Wildman–Crippen MR) is 137 cm³/mol. The first kappa shape index (κ1) is 25.4. The van der Waals surface area contributed by atoms with E-state index in [0.717, 1.165) is 6.42 Å². The van der Waals surface area contributed by atoms with Crippen molar-refractivity contribution in [2.45, 2.75) is 26.4 Å². The largest absolute Gasteiger partial charge is 0.436 e. The second kappa shape index (κ2) is 11.3. The zero-order valence-corrected chi connectivity index (χ0v) is 20.5. The van der Waals surface area contributed by atoms with Gasteiger partial charge >= 0.3 is 6.09 Å². The van der Waals surface area contributed by atoms with Crippen LogP contribution >= 0.6 is 0 Å². The molecule has 1 unspecified atom stereocenters. The Kier molecular flexibility index (Phi) is 7.77. The maximum atomic E-state index is 13.5. The molecule has 0 saturated heterocycles. The molecule has 0 fully saturated rings. The van der Waals surface area contributed by atoms with Crippen molar-refractivity contribution in [3.63, 3.8) is 0 Å². The van der Waals surface area contributed by atoms with Crippen molar-refractivity contribution in [2.24, 2.45) is 0 Å². The van der Waals surface area contributed by atoms with Crippen molar-refractivity contribution in [1.82, 2.24) is 20.3 Å². The highest BCUT2D eigenvalue weighted by Crippen LogP contribution is 2.31. The van der Waals surface area contributed by atoms with Gasteiger partial charge in [-0.25, -0.2) is 19.2 Å². The number of carbonyl (C=O) groups is 2. The lowest BCUT2D eigenvalue weighted by Crippen LogP contribution is -2.33. The lowest BCUT2D eigenvalue weighted by Gasteiger charge is -2.12. The lowest BCUT2D eigenvalue weighted by molar-refractivity contribution is -0.123. The summed E-state index contributed by atoms with van der Waals surface area (Å²) in [5.74, 6) is 0.189. The fourth-order valence-corrected chi connectivity index (χ4v) is 3.31. The highest BCUT2D eigenvalue weighted by Gasteiger charge is 2.19. The van der Waals surface area contributed by atoms with Crippen LogP contribution in [0.4, 0.5) is 32.3 Å². The molecular formula is C25H26FN7O4. The monoisotopic (exact) mass is 507 g/mol. The number of fused-ring (bicyclic) bond motifs is 1. The van der Waals surface area contributed by atoms with Crippen LogP contribution in [-0.4, -0.2) is 46.6 Å². The van der Waals surface area contributed by atoms with E-state index >= 15 is 0 Å². The zero-order valence-electron chi connectivity index (χ0n) is 20.5. The van der Waals surface area contributed by atoms with Crippen molar-refractivity contribution in [1.29, 1.82) is 0 Å². The third-order valence-corrected chi connectivity index (χ3v) is 5.16. The molecule has 4 N–H and O–H groups in total.